The van der Waals surface area contributed by atoms with Crippen LogP contribution >= 0.6 is 0 Å². The van der Waals surface area contributed by atoms with Crippen molar-refractivity contribution in [2.45, 2.75) is 78.2 Å². The van der Waals surface area contributed by atoms with Gasteiger partial charge in [0.2, 0.25) is 0 Å². The third-order valence-electron chi connectivity index (χ3n) is 9.82. The van der Waals surface area contributed by atoms with Gasteiger partial charge in [-0.1, -0.05) is 25.5 Å². The number of hydrogen-bond donors (Lipinski definition) is 1. The van der Waals surface area contributed by atoms with E-state index >= 15 is 0 Å². The van der Waals surface area contributed by atoms with Crippen LogP contribution in [0.2, 0.25) is 0 Å². The van der Waals surface area contributed by atoms with Gasteiger partial charge < -0.3 is 4.98 Å². The molecule has 5 rings (SSSR count). The van der Waals surface area contributed by atoms with Crippen molar-refractivity contribution < 1.29 is 4.79 Å². The Hall–Kier alpha value is -1.91. The molecule has 0 bridgehead atoms. The number of carbonyl (C=O) groups excluding carboxylic acids is 1. The zero-order chi connectivity index (χ0) is 21.3. The number of Topliss-reactive ketones (excluding diaryl/α,β-unsaturated/α-hetero) is 1. The summed E-state index contributed by atoms with van der Waals surface area (Å²) in [6.07, 6.45) is 12.3. The Morgan fingerprint density at radius 2 is 1.90 bits per heavy atom. The maximum absolute atomic E-state index is 12.3. The first-order valence-electron chi connectivity index (χ1n) is 11.8. The van der Waals surface area contributed by atoms with E-state index in [1.54, 1.807) is 6.92 Å². The highest BCUT2D eigenvalue weighted by Gasteiger charge is 2.59. The van der Waals surface area contributed by atoms with Crippen molar-refractivity contribution >= 4 is 5.78 Å². The number of H-pyrrole nitrogens is 1. The quantitative estimate of drug-likeness (QED) is 0.741. The molecule has 1 aromatic rings. The minimum atomic E-state index is -0.292. The van der Waals surface area contributed by atoms with E-state index in [9.17, 15) is 14.4 Å². The van der Waals surface area contributed by atoms with Gasteiger partial charge in [-0.15, -0.1) is 0 Å². The first kappa shape index (κ1) is 20.0. The maximum Gasteiger partial charge on any atom is 0.328 e. The van der Waals surface area contributed by atoms with Crippen LogP contribution in [-0.4, -0.2) is 15.3 Å². The molecule has 7 unspecified atom stereocenters. The summed E-state index contributed by atoms with van der Waals surface area (Å²) in [5.74, 6) is 2.61. The van der Waals surface area contributed by atoms with Gasteiger partial charge >= 0.3 is 5.69 Å². The zero-order valence-corrected chi connectivity index (χ0v) is 18.4. The predicted octanol–water partition coefficient (Wildman–Crippen LogP) is 4.25. The molecule has 1 N–H and O–H groups in total. The second-order valence-electron chi connectivity index (χ2n) is 10.9. The molecule has 4 aliphatic carbocycles. The van der Waals surface area contributed by atoms with Gasteiger partial charge in [-0.2, -0.15) is 0 Å². The molecule has 0 aromatic carbocycles. The molecular weight excluding hydrogens is 376 g/mol. The van der Waals surface area contributed by atoms with E-state index < -0.39 is 0 Å². The normalized spacial score (nSPS) is 42.6. The molecule has 5 heteroatoms. The molecule has 0 saturated heterocycles. The molecule has 162 valence electrons. The van der Waals surface area contributed by atoms with Crippen LogP contribution in [0, 0.1) is 34.5 Å². The van der Waals surface area contributed by atoms with Gasteiger partial charge in [0.15, 0.2) is 0 Å². The molecule has 7 atom stereocenters. The molecule has 3 saturated carbocycles. The number of ketones is 1. The summed E-state index contributed by atoms with van der Waals surface area (Å²) in [6, 6.07) is 1.41. The van der Waals surface area contributed by atoms with Gasteiger partial charge in [0, 0.05) is 24.2 Å². The molecular formula is C25H34N2O3. The van der Waals surface area contributed by atoms with Gasteiger partial charge in [-0.25, -0.2) is 4.79 Å². The van der Waals surface area contributed by atoms with Crippen molar-refractivity contribution in [3.05, 3.63) is 44.8 Å². The number of allylic oxidation sites excluding steroid dienone is 2. The molecule has 30 heavy (non-hydrogen) atoms. The Bertz CT molecular complexity index is 991. The van der Waals surface area contributed by atoms with Crippen LogP contribution in [0.3, 0.4) is 0 Å². The minimum absolute atomic E-state index is 0.0410. The van der Waals surface area contributed by atoms with E-state index in [1.807, 2.05) is 0 Å². The van der Waals surface area contributed by atoms with Crippen LogP contribution in [0.4, 0.5) is 0 Å². The lowest BCUT2D eigenvalue weighted by molar-refractivity contribution is -0.127. The third kappa shape index (κ3) is 2.69. The third-order valence-corrected chi connectivity index (χ3v) is 9.82. The largest absolute Gasteiger partial charge is 0.328 e. The van der Waals surface area contributed by atoms with Gasteiger partial charge in [0.05, 0.1) is 0 Å². The lowest BCUT2D eigenvalue weighted by Gasteiger charge is -2.58. The summed E-state index contributed by atoms with van der Waals surface area (Å²) < 4.78 is 1.43. The molecule has 1 aromatic heterocycles. The average Bonchev–Trinajstić information content (AvgIpc) is 3.05. The topological polar surface area (TPSA) is 71.9 Å². The van der Waals surface area contributed by atoms with Crippen LogP contribution in [0.25, 0.3) is 0 Å². The number of nitrogens with zero attached hydrogens (tertiary/aromatic N) is 1. The smallest absolute Gasteiger partial charge is 0.314 e. The molecule has 0 spiro atoms. The number of nitrogens with one attached hydrogen (secondary N) is 1. The van der Waals surface area contributed by atoms with Crippen LogP contribution in [0.5, 0.6) is 0 Å². The summed E-state index contributed by atoms with van der Waals surface area (Å²) in [7, 11) is 0. The Labute approximate surface area is 178 Å². The van der Waals surface area contributed by atoms with E-state index in [4.69, 9.17) is 0 Å². The fraction of sp³-hybridized carbons (Fsp3) is 0.720. The maximum atomic E-state index is 12.3. The highest BCUT2D eigenvalue weighted by molar-refractivity contribution is 5.79. The summed E-state index contributed by atoms with van der Waals surface area (Å²) in [5, 5.41) is 0. The van der Waals surface area contributed by atoms with Crippen molar-refractivity contribution in [3.8, 4) is 0 Å². The van der Waals surface area contributed by atoms with Crippen molar-refractivity contribution in [3.63, 3.8) is 0 Å². The zero-order valence-electron chi connectivity index (χ0n) is 18.4. The van der Waals surface area contributed by atoms with Crippen LogP contribution < -0.4 is 11.2 Å². The first-order chi connectivity index (χ1) is 14.3. The highest BCUT2D eigenvalue weighted by Crippen LogP contribution is 2.66. The molecule has 0 radical (unpaired) electrons. The van der Waals surface area contributed by atoms with Gasteiger partial charge in [0.25, 0.3) is 5.56 Å². The molecule has 4 aliphatic rings. The van der Waals surface area contributed by atoms with E-state index in [-0.39, 0.29) is 34.0 Å². The van der Waals surface area contributed by atoms with Gasteiger partial charge in [-0.05, 0) is 86.9 Å². The monoisotopic (exact) mass is 410 g/mol. The van der Waals surface area contributed by atoms with Crippen LogP contribution in [0.1, 0.15) is 78.2 Å². The minimum Gasteiger partial charge on any atom is -0.314 e. The second kappa shape index (κ2) is 6.80. The molecule has 3 fully saturated rings. The summed E-state index contributed by atoms with van der Waals surface area (Å²) >= 11 is 0. The number of hydrogen-bond acceptors (Lipinski definition) is 3. The van der Waals surface area contributed by atoms with E-state index in [0.717, 1.165) is 38.5 Å². The molecule has 1 heterocycles. The Morgan fingerprint density at radius 3 is 2.63 bits per heavy atom. The van der Waals surface area contributed by atoms with Gasteiger partial charge in [-0.3, -0.25) is 14.2 Å². The molecule has 0 aliphatic heterocycles. The fourth-order valence-electron chi connectivity index (χ4n) is 8.31. The summed E-state index contributed by atoms with van der Waals surface area (Å²) in [4.78, 5) is 39.6. The second-order valence-corrected chi connectivity index (χ2v) is 10.9. The Morgan fingerprint density at radius 1 is 1.10 bits per heavy atom. The van der Waals surface area contributed by atoms with E-state index in [2.05, 4.69) is 24.9 Å². The number of aromatic amines is 1. The van der Waals surface area contributed by atoms with Crippen molar-refractivity contribution in [1.82, 2.24) is 9.55 Å². The van der Waals surface area contributed by atoms with Crippen LogP contribution in [-0.2, 0) is 4.79 Å². The fourth-order valence-corrected chi connectivity index (χ4v) is 8.31. The SMILES string of the molecule is CC(=O)C1CCC2C3CC=C4CC(n5c(=O)cc[nH]c5=O)CCC4(C)C3CCC12C. The number of carbonyl (C=O) groups is 1. The Kier molecular flexibility index (Phi) is 4.53. The van der Waals surface area contributed by atoms with Crippen LogP contribution in [0.15, 0.2) is 33.5 Å². The lowest BCUT2D eigenvalue weighted by atomic mass is 9.47. The summed E-state index contributed by atoms with van der Waals surface area (Å²) in [6.45, 7) is 6.61. The van der Waals surface area contributed by atoms with E-state index in [1.165, 1.54) is 35.2 Å². The first-order valence-corrected chi connectivity index (χ1v) is 11.8. The van der Waals surface area contributed by atoms with Crippen molar-refractivity contribution in [2.24, 2.45) is 34.5 Å². The predicted molar refractivity (Wildman–Crippen MR) is 116 cm³/mol. The van der Waals surface area contributed by atoms with Crippen molar-refractivity contribution in [2.75, 3.05) is 0 Å². The number of rotatable bonds is 2. The summed E-state index contributed by atoms with van der Waals surface area (Å²) in [5.41, 5.74) is 1.31. The average molecular weight is 411 g/mol. The van der Waals surface area contributed by atoms with Gasteiger partial charge in [0.1, 0.15) is 5.78 Å². The highest BCUT2D eigenvalue weighted by atomic mass is 16.2. The number of aromatic nitrogens is 2. The standard InChI is InChI=1S/C25H34N2O3/c1-15(28)19-6-7-20-18-5-4-16-14-17(27-22(29)10-13-26-23(27)30)8-11-24(16,2)21(18)9-12-25(19,20)3/h4,10,13,17-21H,5-9,11-12,14H2,1-3H3,(H,26,30). The lowest BCUT2D eigenvalue weighted by Crippen LogP contribution is -2.51. The van der Waals surface area contributed by atoms with Crippen molar-refractivity contribution in [1.29, 1.82) is 0 Å². The molecule has 0 amide bonds. The van der Waals surface area contributed by atoms with E-state index in [0.29, 0.717) is 23.5 Å². The number of fused-ring (bicyclic) bond motifs is 5. The Balaban J connectivity index is 1.45. The molecule has 5 nitrogen and oxygen atoms in total.